The Hall–Kier alpha value is -2.34. The van der Waals surface area contributed by atoms with Crippen molar-refractivity contribution in [2.24, 2.45) is 0 Å². The zero-order valence-electron chi connectivity index (χ0n) is 13.2. The lowest BCUT2D eigenvalue weighted by Gasteiger charge is -2.29. The van der Waals surface area contributed by atoms with E-state index in [0.29, 0.717) is 17.3 Å². The van der Waals surface area contributed by atoms with Gasteiger partial charge in [-0.3, -0.25) is 0 Å². The molecule has 0 radical (unpaired) electrons. The molecule has 0 saturated carbocycles. The van der Waals surface area contributed by atoms with Gasteiger partial charge in [-0.2, -0.15) is 13.2 Å². The molecule has 0 aromatic heterocycles. The normalized spacial score (nSPS) is 14.6. The molecule has 2 aromatic carbocycles. The van der Waals surface area contributed by atoms with Gasteiger partial charge in [0.25, 0.3) is 0 Å². The minimum atomic E-state index is -4.91. The van der Waals surface area contributed by atoms with Gasteiger partial charge in [0.15, 0.2) is 0 Å². The molecule has 0 aliphatic rings. The topological polar surface area (TPSA) is 23.5 Å². The van der Waals surface area contributed by atoms with E-state index in [1.807, 2.05) is 0 Å². The molecule has 2 rings (SSSR count). The Bertz CT molecular complexity index is 723. The first-order valence-corrected chi connectivity index (χ1v) is 7.15. The molecule has 1 atom stereocenters. The van der Waals surface area contributed by atoms with E-state index in [9.17, 15) is 22.7 Å². The van der Waals surface area contributed by atoms with Crippen LogP contribution in [0.5, 0.6) is 0 Å². The van der Waals surface area contributed by atoms with Gasteiger partial charge in [0.2, 0.25) is 5.60 Å². The lowest BCUT2D eigenvalue weighted by atomic mass is 9.91. The van der Waals surface area contributed by atoms with Crippen LogP contribution >= 0.6 is 0 Å². The molecule has 24 heavy (non-hydrogen) atoms. The fourth-order valence-corrected chi connectivity index (χ4v) is 2.17. The van der Waals surface area contributed by atoms with Crippen molar-refractivity contribution in [3.05, 3.63) is 71.6 Å². The molecule has 1 N–H and O–H groups in total. The number of hydrogen-bond donors (Lipinski definition) is 1. The van der Waals surface area contributed by atoms with Gasteiger partial charge in [0.1, 0.15) is 5.82 Å². The van der Waals surface area contributed by atoms with Gasteiger partial charge in [0, 0.05) is 19.8 Å². The molecule has 0 bridgehead atoms. The predicted molar refractivity (Wildman–Crippen MR) is 86.2 cm³/mol. The standard InChI is InChI=1S/C18H17F4NO/c1-23(2)16-5-3-4-14(12-16)17(24,18(20,21)22)11-10-13-6-8-15(19)9-7-13/h3-12,24H,1-2H3. The number of benzene rings is 2. The van der Waals surface area contributed by atoms with Gasteiger partial charge in [-0.15, -0.1) is 0 Å². The van der Waals surface area contributed by atoms with Crippen LogP contribution < -0.4 is 4.90 Å². The number of anilines is 1. The van der Waals surface area contributed by atoms with Gasteiger partial charge in [-0.05, 0) is 41.5 Å². The molecule has 0 fully saturated rings. The quantitative estimate of drug-likeness (QED) is 0.837. The molecule has 0 aliphatic carbocycles. The molecular formula is C18H17F4NO. The Balaban J connectivity index is 2.47. The third kappa shape index (κ3) is 3.76. The third-order valence-electron chi connectivity index (χ3n) is 3.62. The van der Waals surface area contributed by atoms with Crippen LogP contribution in [0.1, 0.15) is 11.1 Å². The van der Waals surface area contributed by atoms with Crippen LogP contribution in [0.2, 0.25) is 0 Å². The first-order chi connectivity index (χ1) is 11.1. The first-order valence-electron chi connectivity index (χ1n) is 7.15. The summed E-state index contributed by atoms with van der Waals surface area (Å²) >= 11 is 0. The van der Waals surface area contributed by atoms with Gasteiger partial charge in [-0.25, -0.2) is 4.39 Å². The van der Waals surface area contributed by atoms with Crippen molar-refractivity contribution in [1.29, 1.82) is 0 Å². The zero-order valence-corrected chi connectivity index (χ0v) is 13.2. The fraction of sp³-hybridized carbons (Fsp3) is 0.222. The fourth-order valence-electron chi connectivity index (χ4n) is 2.17. The van der Waals surface area contributed by atoms with E-state index in [0.717, 1.165) is 18.2 Å². The Labute approximate surface area is 137 Å². The summed E-state index contributed by atoms with van der Waals surface area (Å²) in [6.07, 6.45) is -3.11. The lowest BCUT2D eigenvalue weighted by Crippen LogP contribution is -2.40. The third-order valence-corrected chi connectivity index (χ3v) is 3.62. The van der Waals surface area contributed by atoms with Gasteiger partial charge < -0.3 is 10.0 Å². The Kier molecular flexibility index (Phi) is 4.99. The largest absolute Gasteiger partial charge is 0.425 e. The highest BCUT2D eigenvalue weighted by atomic mass is 19.4. The summed E-state index contributed by atoms with van der Waals surface area (Å²) in [6.45, 7) is 0. The van der Waals surface area contributed by atoms with E-state index >= 15 is 0 Å². The summed E-state index contributed by atoms with van der Waals surface area (Å²) in [5, 5.41) is 10.3. The molecule has 128 valence electrons. The summed E-state index contributed by atoms with van der Waals surface area (Å²) in [7, 11) is 3.39. The van der Waals surface area contributed by atoms with E-state index in [-0.39, 0.29) is 5.56 Å². The number of aliphatic hydroxyl groups is 1. The number of alkyl halides is 3. The summed E-state index contributed by atoms with van der Waals surface area (Å²) in [5.74, 6) is -0.489. The SMILES string of the molecule is CN(C)c1cccc(C(O)(C=Cc2ccc(F)cc2)C(F)(F)F)c1. The molecule has 0 saturated heterocycles. The van der Waals surface area contributed by atoms with Crippen molar-refractivity contribution in [3.63, 3.8) is 0 Å². The average Bonchev–Trinajstić information content (AvgIpc) is 2.53. The molecule has 1 unspecified atom stereocenters. The molecule has 6 heteroatoms. The van der Waals surface area contributed by atoms with Gasteiger partial charge >= 0.3 is 6.18 Å². The van der Waals surface area contributed by atoms with E-state index in [1.165, 1.54) is 30.3 Å². The maximum absolute atomic E-state index is 13.5. The van der Waals surface area contributed by atoms with E-state index < -0.39 is 17.6 Å². The van der Waals surface area contributed by atoms with Crippen LogP contribution in [0.4, 0.5) is 23.2 Å². The van der Waals surface area contributed by atoms with E-state index in [2.05, 4.69) is 0 Å². The highest BCUT2D eigenvalue weighted by Crippen LogP contribution is 2.41. The van der Waals surface area contributed by atoms with E-state index in [1.54, 1.807) is 25.1 Å². The van der Waals surface area contributed by atoms with Crippen molar-refractivity contribution < 1.29 is 22.7 Å². The first kappa shape index (κ1) is 18.0. The zero-order chi connectivity index (χ0) is 18.0. The van der Waals surface area contributed by atoms with Crippen molar-refractivity contribution in [2.75, 3.05) is 19.0 Å². The van der Waals surface area contributed by atoms with Crippen molar-refractivity contribution in [1.82, 2.24) is 0 Å². The highest BCUT2D eigenvalue weighted by Gasteiger charge is 2.53. The molecule has 0 aliphatic heterocycles. The minimum absolute atomic E-state index is 0.292. The second-order valence-corrected chi connectivity index (χ2v) is 5.59. The summed E-state index contributed by atoms with van der Waals surface area (Å²) < 4.78 is 53.4. The van der Waals surface area contributed by atoms with Crippen LogP contribution in [-0.2, 0) is 5.60 Å². The monoisotopic (exact) mass is 339 g/mol. The number of rotatable bonds is 4. The Morgan fingerprint density at radius 2 is 1.62 bits per heavy atom. The molecule has 0 heterocycles. The van der Waals surface area contributed by atoms with Crippen LogP contribution in [-0.4, -0.2) is 25.4 Å². The van der Waals surface area contributed by atoms with Crippen LogP contribution in [0, 0.1) is 5.82 Å². The summed E-state index contributed by atoms with van der Waals surface area (Å²) in [5.41, 5.74) is -2.55. The van der Waals surface area contributed by atoms with Crippen molar-refractivity contribution >= 4 is 11.8 Å². The smallest absolute Gasteiger partial charge is 0.378 e. The number of nitrogens with zero attached hydrogens (tertiary/aromatic N) is 1. The molecular weight excluding hydrogens is 322 g/mol. The van der Waals surface area contributed by atoms with Crippen molar-refractivity contribution in [2.45, 2.75) is 11.8 Å². The van der Waals surface area contributed by atoms with Crippen LogP contribution in [0.25, 0.3) is 6.08 Å². The van der Waals surface area contributed by atoms with Crippen LogP contribution in [0.3, 0.4) is 0 Å². The Morgan fingerprint density at radius 3 is 2.17 bits per heavy atom. The van der Waals surface area contributed by atoms with Crippen LogP contribution in [0.15, 0.2) is 54.6 Å². The maximum Gasteiger partial charge on any atom is 0.425 e. The molecule has 2 nitrogen and oxygen atoms in total. The highest BCUT2D eigenvalue weighted by molar-refractivity contribution is 5.54. The second-order valence-electron chi connectivity index (χ2n) is 5.59. The average molecular weight is 339 g/mol. The molecule has 0 spiro atoms. The predicted octanol–water partition coefficient (Wildman–Crippen LogP) is 4.36. The van der Waals surface area contributed by atoms with E-state index in [4.69, 9.17) is 0 Å². The summed E-state index contributed by atoms with van der Waals surface area (Å²) in [4.78, 5) is 1.64. The van der Waals surface area contributed by atoms with Gasteiger partial charge in [-0.1, -0.05) is 30.3 Å². The number of halogens is 4. The minimum Gasteiger partial charge on any atom is -0.378 e. The number of hydrogen-bond acceptors (Lipinski definition) is 2. The molecule has 0 amide bonds. The molecule has 2 aromatic rings. The van der Waals surface area contributed by atoms with Gasteiger partial charge in [0.05, 0.1) is 0 Å². The summed E-state index contributed by atoms with van der Waals surface area (Å²) in [6, 6.07) is 10.5. The maximum atomic E-state index is 13.5. The second kappa shape index (κ2) is 6.65. The Morgan fingerprint density at radius 1 is 1.00 bits per heavy atom. The lowest BCUT2D eigenvalue weighted by molar-refractivity contribution is -0.244. The van der Waals surface area contributed by atoms with Crippen molar-refractivity contribution in [3.8, 4) is 0 Å².